The van der Waals surface area contributed by atoms with Crippen molar-refractivity contribution in [2.45, 2.75) is 49.2 Å². The van der Waals surface area contributed by atoms with Gasteiger partial charge in [0, 0.05) is 24.3 Å². The average Bonchev–Trinajstić information content (AvgIpc) is 3.76. The third-order valence-electron chi connectivity index (χ3n) is 12.4. The standard InChI is InChI=1S/C52H52N3O9PSi/c1-60-41-28-24-39(25-29-41)52(38-18-10-5-11-19-38,40-26-30-42(61-2)31-27-40)63-50(48(56)37-16-8-4-9-17-37)49-45(36-47(62-49)55-33-32-46(53)54-51(55)57)64-65(58,59)34-35-66(3,43-20-12-6-13-21-43)44-22-14-7-15-23-44/h4-33,45,47,49-50H,34-36H2,1-3H3,(H,58,59)(H2,53,54,57)/t45-,47+,49-,50?/m0/s1. The highest BCUT2D eigenvalue weighted by atomic mass is 31.2. The molecule has 5 atom stereocenters. The molecule has 338 valence electrons. The molecule has 0 amide bonds. The van der Waals surface area contributed by atoms with E-state index in [1.165, 1.54) is 16.8 Å². The van der Waals surface area contributed by atoms with Gasteiger partial charge in [-0.2, -0.15) is 4.98 Å². The molecule has 1 aliphatic heterocycles. The molecule has 12 nitrogen and oxygen atoms in total. The Kier molecular flexibility index (Phi) is 13.9. The quantitative estimate of drug-likeness (QED) is 0.0373. The summed E-state index contributed by atoms with van der Waals surface area (Å²) in [5, 5.41) is 2.20. The van der Waals surface area contributed by atoms with Crippen molar-refractivity contribution < 1.29 is 37.7 Å². The fourth-order valence-corrected chi connectivity index (χ4v) is 15.2. The van der Waals surface area contributed by atoms with Crippen molar-refractivity contribution in [3.63, 3.8) is 0 Å². The first-order valence-electron chi connectivity index (χ1n) is 21.7. The van der Waals surface area contributed by atoms with E-state index in [-0.39, 0.29) is 18.4 Å². The van der Waals surface area contributed by atoms with E-state index in [9.17, 15) is 14.3 Å². The SMILES string of the molecule is COc1ccc(C(OC(C(=O)c2ccccc2)[C@H]2O[C@@H](n3ccc(N)nc3=O)C[C@@H]2OP(=O)(O)CC[Si](C)(c2ccccc2)c2ccccc2)(c2ccccc2)c2ccc(OC)cc2)cc1. The van der Waals surface area contributed by atoms with Gasteiger partial charge in [-0.25, -0.2) is 4.79 Å². The Balaban J connectivity index is 1.27. The number of anilines is 1. The summed E-state index contributed by atoms with van der Waals surface area (Å²) >= 11 is 0. The minimum atomic E-state index is -4.50. The van der Waals surface area contributed by atoms with Gasteiger partial charge in [0.2, 0.25) is 0 Å². The Morgan fingerprint density at radius 2 is 1.26 bits per heavy atom. The molecule has 3 N–H and O–H groups in total. The summed E-state index contributed by atoms with van der Waals surface area (Å²) in [6.07, 6.45) is -4.11. The van der Waals surface area contributed by atoms with Crippen LogP contribution in [-0.4, -0.2) is 67.0 Å². The second-order valence-electron chi connectivity index (χ2n) is 16.4. The third-order valence-corrected chi connectivity index (χ3v) is 18.7. The summed E-state index contributed by atoms with van der Waals surface area (Å²) in [7, 11) is -3.96. The lowest BCUT2D eigenvalue weighted by Crippen LogP contribution is -2.56. The number of Topliss-reactive ketones (excluding diaryl/α,β-unsaturated/α-hetero) is 1. The van der Waals surface area contributed by atoms with E-state index in [0.29, 0.717) is 39.8 Å². The fourth-order valence-electron chi connectivity index (χ4n) is 8.80. The number of ketones is 1. The summed E-state index contributed by atoms with van der Waals surface area (Å²) in [5.74, 6) is 0.723. The molecule has 8 rings (SSSR count). The molecular weight excluding hydrogens is 870 g/mol. The fraction of sp³-hybridized carbons (Fsp3) is 0.212. The van der Waals surface area contributed by atoms with E-state index in [2.05, 4.69) is 35.8 Å². The van der Waals surface area contributed by atoms with Crippen LogP contribution in [0.4, 0.5) is 5.82 Å². The van der Waals surface area contributed by atoms with Gasteiger partial charge < -0.3 is 34.1 Å². The van der Waals surface area contributed by atoms with E-state index < -0.39 is 57.3 Å². The first kappa shape index (κ1) is 46.1. The van der Waals surface area contributed by atoms with Crippen LogP contribution in [0.1, 0.15) is 39.7 Å². The van der Waals surface area contributed by atoms with Gasteiger partial charge in [-0.05, 0) is 53.1 Å². The first-order valence-corrected chi connectivity index (χ1v) is 26.1. The smallest absolute Gasteiger partial charge is 0.351 e. The van der Waals surface area contributed by atoms with Crippen molar-refractivity contribution in [1.82, 2.24) is 9.55 Å². The van der Waals surface area contributed by atoms with Crippen molar-refractivity contribution in [2.75, 3.05) is 26.1 Å². The zero-order valence-electron chi connectivity index (χ0n) is 36.9. The maximum Gasteiger partial charge on any atom is 0.351 e. The Morgan fingerprint density at radius 3 is 1.76 bits per heavy atom. The zero-order valence-corrected chi connectivity index (χ0v) is 38.8. The minimum Gasteiger partial charge on any atom is -0.497 e. The Labute approximate surface area is 385 Å². The van der Waals surface area contributed by atoms with Crippen LogP contribution in [-0.2, 0) is 24.2 Å². The molecular formula is C52H52N3O9PSi. The molecule has 6 aromatic carbocycles. The van der Waals surface area contributed by atoms with Crippen molar-refractivity contribution in [3.05, 3.63) is 215 Å². The highest BCUT2D eigenvalue weighted by Gasteiger charge is 2.52. The van der Waals surface area contributed by atoms with Crippen molar-refractivity contribution >= 4 is 37.6 Å². The maximum atomic E-state index is 15.4. The topological polar surface area (TPSA) is 161 Å². The molecule has 0 radical (unpaired) electrons. The summed E-state index contributed by atoms with van der Waals surface area (Å²) in [6, 6.07) is 54.7. The number of carbonyl (C=O) groups excluding carboxylic acids is 1. The molecule has 2 heterocycles. The zero-order chi connectivity index (χ0) is 46.3. The monoisotopic (exact) mass is 921 g/mol. The number of nitrogens with zero attached hydrogens (tertiary/aromatic N) is 2. The second-order valence-corrected chi connectivity index (χ2v) is 22.7. The van der Waals surface area contributed by atoms with Crippen LogP contribution in [0.2, 0.25) is 12.6 Å². The summed E-state index contributed by atoms with van der Waals surface area (Å²) in [4.78, 5) is 44.9. The number of methoxy groups -OCH3 is 2. The van der Waals surface area contributed by atoms with E-state index in [4.69, 9.17) is 29.2 Å². The molecule has 0 saturated carbocycles. The minimum absolute atomic E-state index is 0.00889. The molecule has 1 saturated heterocycles. The predicted molar refractivity (Wildman–Crippen MR) is 258 cm³/mol. The number of ether oxygens (including phenoxy) is 4. The van der Waals surface area contributed by atoms with Crippen LogP contribution >= 0.6 is 7.60 Å². The molecule has 2 unspecified atom stereocenters. The van der Waals surface area contributed by atoms with Crippen LogP contribution in [0, 0.1) is 0 Å². The van der Waals surface area contributed by atoms with E-state index in [1.54, 1.807) is 44.6 Å². The molecule has 0 spiro atoms. The maximum absolute atomic E-state index is 15.4. The largest absolute Gasteiger partial charge is 0.497 e. The molecule has 1 fully saturated rings. The van der Waals surface area contributed by atoms with Gasteiger partial charge in [0.25, 0.3) is 0 Å². The van der Waals surface area contributed by atoms with Crippen molar-refractivity contribution in [1.29, 1.82) is 0 Å². The van der Waals surface area contributed by atoms with Crippen LogP contribution in [0.5, 0.6) is 11.5 Å². The second kappa shape index (κ2) is 20.0. The summed E-state index contributed by atoms with van der Waals surface area (Å²) in [6.45, 7) is 2.18. The highest BCUT2D eigenvalue weighted by molar-refractivity contribution is 7.53. The predicted octanol–water partition coefficient (Wildman–Crippen LogP) is 7.85. The number of nitrogens with two attached hydrogens (primary N) is 1. The summed E-state index contributed by atoms with van der Waals surface area (Å²) in [5.41, 5.74) is 5.89. The van der Waals surface area contributed by atoms with Crippen LogP contribution in [0.3, 0.4) is 0 Å². The van der Waals surface area contributed by atoms with Gasteiger partial charge in [0.05, 0.1) is 14.2 Å². The Bertz CT molecular complexity index is 2730. The number of nitrogen functional groups attached to an aromatic ring is 1. The van der Waals surface area contributed by atoms with Gasteiger partial charge in [-0.15, -0.1) is 0 Å². The number of rotatable bonds is 18. The van der Waals surface area contributed by atoms with E-state index >= 15 is 4.79 Å². The highest BCUT2D eigenvalue weighted by Crippen LogP contribution is 2.51. The van der Waals surface area contributed by atoms with Crippen molar-refractivity contribution in [2.24, 2.45) is 0 Å². The Hall–Kier alpha value is -6.44. The van der Waals surface area contributed by atoms with Crippen LogP contribution < -0.4 is 31.3 Å². The Morgan fingerprint density at radius 1 is 0.773 bits per heavy atom. The van der Waals surface area contributed by atoms with Gasteiger partial charge in [0.1, 0.15) is 49.4 Å². The number of benzene rings is 6. The summed E-state index contributed by atoms with van der Waals surface area (Å²) < 4.78 is 47.9. The van der Waals surface area contributed by atoms with Crippen LogP contribution in [0.25, 0.3) is 0 Å². The number of aromatic nitrogens is 2. The number of hydrogen-bond donors (Lipinski definition) is 2. The lowest BCUT2D eigenvalue weighted by molar-refractivity contribution is -0.125. The number of carbonyl (C=O) groups is 1. The lowest BCUT2D eigenvalue weighted by Gasteiger charge is -2.41. The molecule has 14 heteroatoms. The van der Waals surface area contributed by atoms with Crippen LogP contribution in [0.15, 0.2) is 187 Å². The van der Waals surface area contributed by atoms with Gasteiger partial charge in [-0.1, -0.05) is 163 Å². The first-order chi connectivity index (χ1) is 31.9. The molecule has 1 aliphatic rings. The normalized spacial score (nSPS) is 17.7. The van der Waals surface area contributed by atoms with E-state index in [1.807, 2.05) is 115 Å². The van der Waals surface area contributed by atoms with E-state index in [0.717, 1.165) is 10.4 Å². The molecule has 0 bridgehead atoms. The molecule has 0 aliphatic carbocycles. The average molecular weight is 922 g/mol. The van der Waals surface area contributed by atoms with Crippen molar-refractivity contribution in [3.8, 4) is 11.5 Å². The van der Waals surface area contributed by atoms with Gasteiger partial charge >= 0.3 is 13.3 Å². The lowest BCUT2D eigenvalue weighted by atomic mass is 9.79. The van der Waals surface area contributed by atoms with Gasteiger partial charge in [-0.3, -0.25) is 13.9 Å². The molecule has 1 aromatic heterocycles. The molecule has 7 aromatic rings. The van der Waals surface area contributed by atoms with Gasteiger partial charge in [0.15, 0.2) is 11.9 Å². The molecule has 66 heavy (non-hydrogen) atoms. The third kappa shape index (κ3) is 9.73. The number of hydrogen-bond acceptors (Lipinski definition) is 10.